The summed E-state index contributed by atoms with van der Waals surface area (Å²) >= 11 is 0. The number of hydrogen-bond donors (Lipinski definition) is 1. The maximum Gasteiger partial charge on any atom is 0.00413 e. The maximum atomic E-state index is 3.45. The van der Waals surface area contributed by atoms with E-state index in [-0.39, 0.29) is 0 Å². The van der Waals surface area contributed by atoms with Crippen LogP contribution in [0.1, 0.15) is 33.1 Å². The molecule has 54 valence electrons. The van der Waals surface area contributed by atoms with Crippen LogP contribution in [0.5, 0.6) is 0 Å². The highest BCUT2D eigenvalue weighted by molar-refractivity contribution is 4.73. The minimum absolute atomic E-state index is 0.767. The molecule has 2 atom stereocenters. The first kappa shape index (κ1) is 7.07. The Balaban J connectivity index is 2.23. The average Bonchev–Trinajstić information content (AvgIpc) is 1.88. The van der Waals surface area contributed by atoms with Crippen LogP contribution in [0, 0.1) is 5.92 Å². The summed E-state index contributed by atoms with van der Waals surface area (Å²) in [6, 6.07) is 0.767. The second kappa shape index (κ2) is 3.21. The molecule has 0 aliphatic carbocycles. The molecule has 1 rings (SSSR count). The molecule has 1 heteroatoms. The van der Waals surface area contributed by atoms with Crippen molar-refractivity contribution in [3.05, 3.63) is 0 Å². The Hall–Kier alpha value is -0.0400. The molecule has 1 aliphatic rings. The van der Waals surface area contributed by atoms with E-state index in [4.69, 9.17) is 0 Å². The van der Waals surface area contributed by atoms with Crippen LogP contribution in [0.25, 0.3) is 0 Å². The van der Waals surface area contributed by atoms with E-state index in [1.54, 1.807) is 0 Å². The monoisotopic (exact) mass is 127 g/mol. The highest BCUT2D eigenvalue weighted by Crippen LogP contribution is 2.18. The molecule has 1 nitrogen and oxygen atoms in total. The van der Waals surface area contributed by atoms with E-state index in [0.717, 1.165) is 12.0 Å². The molecular weight excluding hydrogens is 110 g/mol. The summed E-state index contributed by atoms with van der Waals surface area (Å²) in [6.45, 7) is 5.81. The van der Waals surface area contributed by atoms with Crippen LogP contribution in [0.3, 0.4) is 0 Å². The van der Waals surface area contributed by atoms with Crippen LogP contribution in [-0.4, -0.2) is 12.6 Å². The van der Waals surface area contributed by atoms with E-state index in [2.05, 4.69) is 19.2 Å². The van der Waals surface area contributed by atoms with Gasteiger partial charge in [0.1, 0.15) is 0 Å². The normalized spacial score (nSPS) is 36.7. The Morgan fingerprint density at radius 3 is 2.78 bits per heavy atom. The van der Waals surface area contributed by atoms with Crippen LogP contribution in [-0.2, 0) is 0 Å². The first-order valence-electron chi connectivity index (χ1n) is 4.06. The van der Waals surface area contributed by atoms with Crippen molar-refractivity contribution in [1.82, 2.24) is 5.32 Å². The summed E-state index contributed by atoms with van der Waals surface area (Å²) in [7, 11) is 0. The maximum absolute atomic E-state index is 3.45. The zero-order valence-electron chi connectivity index (χ0n) is 6.48. The SMILES string of the molecule is CC[C@H]1CCN[C@H](C)C1. The van der Waals surface area contributed by atoms with Gasteiger partial charge in [-0.3, -0.25) is 0 Å². The topological polar surface area (TPSA) is 12.0 Å². The van der Waals surface area contributed by atoms with Gasteiger partial charge in [-0.05, 0) is 32.2 Å². The summed E-state index contributed by atoms with van der Waals surface area (Å²) in [5.74, 6) is 1.00. The average molecular weight is 127 g/mol. The molecule has 0 aromatic rings. The molecule has 0 aromatic carbocycles. The van der Waals surface area contributed by atoms with Crippen LogP contribution in [0.4, 0.5) is 0 Å². The molecule has 0 amide bonds. The van der Waals surface area contributed by atoms with E-state index in [9.17, 15) is 0 Å². The fourth-order valence-corrected chi connectivity index (χ4v) is 1.61. The second-order valence-electron chi connectivity index (χ2n) is 3.15. The molecule has 0 radical (unpaired) electrons. The van der Waals surface area contributed by atoms with Crippen molar-refractivity contribution in [2.75, 3.05) is 6.54 Å². The Labute approximate surface area is 57.8 Å². The first-order valence-corrected chi connectivity index (χ1v) is 4.06. The van der Waals surface area contributed by atoms with Crippen molar-refractivity contribution >= 4 is 0 Å². The summed E-state index contributed by atoms with van der Waals surface area (Å²) in [5.41, 5.74) is 0. The lowest BCUT2D eigenvalue weighted by molar-refractivity contribution is 0.308. The molecule has 0 unspecified atom stereocenters. The minimum Gasteiger partial charge on any atom is -0.314 e. The number of rotatable bonds is 1. The Kier molecular flexibility index (Phi) is 2.52. The fourth-order valence-electron chi connectivity index (χ4n) is 1.61. The Morgan fingerprint density at radius 2 is 2.33 bits per heavy atom. The molecule has 0 spiro atoms. The molecule has 9 heavy (non-hydrogen) atoms. The van der Waals surface area contributed by atoms with Gasteiger partial charge in [0.15, 0.2) is 0 Å². The minimum atomic E-state index is 0.767. The molecule has 1 fully saturated rings. The van der Waals surface area contributed by atoms with Gasteiger partial charge in [0, 0.05) is 6.04 Å². The Bertz CT molecular complexity index is 80.6. The summed E-state index contributed by atoms with van der Waals surface area (Å²) < 4.78 is 0. The third-order valence-corrected chi connectivity index (χ3v) is 2.31. The van der Waals surface area contributed by atoms with Crippen LogP contribution >= 0.6 is 0 Å². The van der Waals surface area contributed by atoms with Crippen molar-refractivity contribution in [2.45, 2.75) is 39.2 Å². The molecule has 0 bridgehead atoms. The van der Waals surface area contributed by atoms with E-state index in [0.29, 0.717) is 0 Å². The van der Waals surface area contributed by atoms with Crippen molar-refractivity contribution in [3.8, 4) is 0 Å². The molecule has 0 saturated carbocycles. The zero-order chi connectivity index (χ0) is 6.69. The van der Waals surface area contributed by atoms with Gasteiger partial charge in [-0.15, -0.1) is 0 Å². The lowest BCUT2D eigenvalue weighted by atomic mass is 9.91. The largest absolute Gasteiger partial charge is 0.314 e. The quantitative estimate of drug-likeness (QED) is 0.566. The third-order valence-electron chi connectivity index (χ3n) is 2.31. The predicted octanol–water partition coefficient (Wildman–Crippen LogP) is 1.78. The van der Waals surface area contributed by atoms with Crippen LogP contribution in [0.15, 0.2) is 0 Å². The molecule has 0 aromatic heterocycles. The van der Waals surface area contributed by atoms with Gasteiger partial charge in [-0.2, -0.15) is 0 Å². The van der Waals surface area contributed by atoms with Gasteiger partial charge >= 0.3 is 0 Å². The molecule has 1 heterocycles. The first-order chi connectivity index (χ1) is 4.33. The Morgan fingerprint density at radius 1 is 1.56 bits per heavy atom. The van der Waals surface area contributed by atoms with Crippen molar-refractivity contribution in [2.24, 2.45) is 5.92 Å². The highest BCUT2D eigenvalue weighted by atomic mass is 14.9. The number of nitrogens with one attached hydrogen (secondary N) is 1. The number of piperidine rings is 1. The fraction of sp³-hybridized carbons (Fsp3) is 1.00. The standard InChI is InChI=1S/C8H17N/c1-3-8-4-5-9-7(2)6-8/h7-9H,3-6H2,1-2H3/t7-,8+/m1/s1. The van der Waals surface area contributed by atoms with Crippen LogP contribution < -0.4 is 5.32 Å². The van der Waals surface area contributed by atoms with Crippen molar-refractivity contribution in [3.63, 3.8) is 0 Å². The van der Waals surface area contributed by atoms with Gasteiger partial charge in [0.2, 0.25) is 0 Å². The lowest BCUT2D eigenvalue weighted by Crippen LogP contribution is -2.35. The van der Waals surface area contributed by atoms with E-state index >= 15 is 0 Å². The van der Waals surface area contributed by atoms with E-state index < -0.39 is 0 Å². The lowest BCUT2D eigenvalue weighted by Gasteiger charge is -2.26. The molecule has 1 N–H and O–H groups in total. The smallest absolute Gasteiger partial charge is 0.00413 e. The van der Waals surface area contributed by atoms with Crippen molar-refractivity contribution < 1.29 is 0 Å². The van der Waals surface area contributed by atoms with E-state index in [1.165, 1.54) is 25.8 Å². The summed E-state index contributed by atoms with van der Waals surface area (Å²) in [6.07, 6.45) is 4.14. The highest BCUT2D eigenvalue weighted by Gasteiger charge is 2.15. The van der Waals surface area contributed by atoms with Crippen molar-refractivity contribution in [1.29, 1.82) is 0 Å². The zero-order valence-corrected chi connectivity index (χ0v) is 6.48. The predicted molar refractivity (Wildman–Crippen MR) is 40.5 cm³/mol. The third kappa shape index (κ3) is 1.98. The van der Waals surface area contributed by atoms with Gasteiger partial charge < -0.3 is 5.32 Å². The van der Waals surface area contributed by atoms with E-state index in [1.807, 2.05) is 0 Å². The summed E-state index contributed by atoms with van der Waals surface area (Å²) in [5, 5.41) is 3.45. The number of hydrogen-bond acceptors (Lipinski definition) is 1. The van der Waals surface area contributed by atoms with Gasteiger partial charge in [0.05, 0.1) is 0 Å². The second-order valence-corrected chi connectivity index (χ2v) is 3.15. The van der Waals surface area contributed by atoms with Gasteiger partial charge in [-0.25, -0.2) is 0 Å². The van der Waals surface area contributed by atoms with Gasteiger partial charge in [-0.1, -0.05) is 13.3 Å². The van der Waals surface area contributed by atoms with Crippen LogP contribution in [0.2, 0.25) is 0 Å². The molecule has 1 aliphatic heterocycles. The molecular formula is C8H17N. The summed E-state index contributed by atoms with van der Waals surface area (Å²) in [4.78, 5) is 0. The molecule has 1 saturated heterocycles. The van der Waals surface area contributed by atoms with Gasteiger partial charge in [0.25, 0.3) is 0 Å².